The number of pyridine rings is 1. The van der Waals surface area contributed by atoms with Gasteiger partial charge < -0.3 is 19.8 Å². The fourth-order valence-electron chi connectivity index (χ4n) is 2.26. The van der Waals surface area contributed by atoms with Gasteiger partial charge >= 0.3 is 0 Å². The van der Waals surface area contributed by atoms with Crippen LogP contribution < -0.4 is 0 Å². The van der Waals surface area contributed by atoms with Gasteiger partial charge in [0.2, 0.25) is 0 Å². The average Bonchev–Trinajstić information content (AvgIpc) is 2.71. The van der Waals surface area contributed by atoms with Crippen LogP contribution in [0.25, 0.3) is 0 Å². The van der Waals surface area contributed by atoms with Crippen LogP contribution in [-0.2, 0) is 11.3 Å². The van der Waals surface area contributed by atoms with E-state index in [2.05, 4.69) is 11.6 Å². The predicted molar refractivity (Wildman–Crippen MR) is 71.8 cm³/mol. The Bertz CT molecular complexity index is 500. The summed E-state index contributed by atoms with van der Waals surface area (Å²) in [6.45, 7) is 6.64. The van der Waals surface area contributed by atoms with Crippen LogP contribution in [0.3, 0.4) is 0 Å². The maximum atomic E-state index is 10.2. The molecule has 0 saturated heterocycles. The van der Waals surface area contributed by atoms with Crippen molar-refractivity contribution in [1.82, 2.24) is 9.88 Å². The van der Waals surface area contributed by atoms with Crippen molar-refractivity contribution in [3.05, 3.63) is 35.2 Å². The molecule has 19 heavy (non-hydrogen) atoms. The van der Waals surface area contributed by atoms with Gasteiger partial charge in [-0.2, -0.15) is 0 Å². The Morgan fingerprint density at radius 3 is 2.95 bits per heavy atom. The van der Waals surface area contributed by atoms with Crippen LogP contribution in [0.1, 0.15) is 36.0 Å². The molecule has 0 aromatic carbocycles. The highest BCUT2D eigenvalue weighted by Crippen LogP contribution is 2.39. The summed E-state index contributed by atoms with van der Waals surface area (Å²) in [6.07, 6.45) is 0.627. The van der Waals surface area contributed by atoms with E-state index in [0.717, 1.165) is 5.56 Å². The Balaban J connectivity index is 2.29. The lowest BCUT2D eigenvalue weighted by molar-refractivity contribution is 0.0789. The second kappa shape index (κ2) is 5.28. The van der Waals surface area contributed by atoms with E-state index in [-0.39, 0.29) is 17.5 Å². The first kappa shape index (κ1) is 14.0. The minimum absolute atomic E-state index is 0.0225. The third-order valence-corrected chi connectivity index (χ3v) is 3.30. The van der Waals surface area contributed by atoms with Gasteiger partial charge in [-0.1, -0.05) is 6.58 Å². The topological polar surface area (TPSA) is 65.8 Å². The Morgan fingerprint density at radius 1 is 1.63 bits per heavy atom. The number of fused-ring (bicyclic) bond motifs is 1. The van der Waals surface area contributed by atoms with Crippen molar-refractivity contribution < 1.29 is 14.9 Å². The highest BCUT2D eigenvalue weighted by Gasteiger charge is 2.27. The molecule has 1 aromatic heterocycles. The molecule has 1 aromatic rings. The molecule has 0 radical (unpaired) electrons. The van der Waals surface area contributed by atoms with Gasteiger partial charge in [0.1, 0.15) is 17.5 Å². The van der Waals surface area contributed by atoms with E-state index in [1.165, 1.54) is 0 Å². The normalized spacial score (nSPS) is 19.5. The molecular formula is C14H20N2O3. The summed E-state index contributed by atoms with van der Waals surface area (Å²) >= 11 is 0. The maximum absolute atomic E-state index is 10.2. The van der Waals surface area contributed by atoms with Crippen molar-refractivity contribution in [3.63, 3.8) is 0 Å². The van der Waals surface area contributed by atoms with Gasteiger partial charge in [-0.15, -0.1) is 0 Å². The molecule has 5 heteroatoms. The van der Waals surface area contributed by atoms with Gasteiger partial charge in [-0.3, -0.25) is 4.98 Å². The number of rotatable bonds is 4. The second-order valence-corrected chi connectivity index (χ2v) is 5.18. The number of ether oxygens (including phenoxy) is 1. The Morgan fingerprint density at radius 2 is 2.32 bits per heavy atom. The summed E-state index contributed by atoms with van der Waals surface area (Å²) in [7, 11) is 3.78. The van der Waals surface area contributed by atoms with Crippen LogP contribution in [0.4, 0.5) is 0 Å². The number of aliphatic hydroxyl groups excluding tert-OH is 1. The van der Waals surface area contributed by atoms with E-state index >= 15 is 0 Å². The summed E-state index contributed by atoms with van der Waals surface area (Å²) < 4.78 is 5.45. The van der Waals surface area contributed by atoms with Crippen molar-refractivity contribution in [2.24, 2.45) is 0 Å². The maximum Gasteiger partial charge on any atom is 0.146 e. The number of nitrogens with zero attached hydrogens (tertiary/aromatic N) is 2. The zero-order valence-corrected chi connectivity index (χ0v) is 11.6. The van der Waals surface area contributed by atoms with E-state index in [4.69, 9.17) is 4.74 Å². The fraction of sp³-hybridized carbons (Fsp3) is 0.500. The highest BCUT2D eigenvalue weighted by atomic mass is 16.5. The van der Waals surface area contributed by atoms with Crippen molar-refractivity contribution in [2.45, 2.75) is 25.7 Å². The van der Waals surface area contributed by atoms with Crippen molar-refractivity contribution in [2.75, 3.05) is 20.6 Å². The molecule has 0 saturated carbocycles. The number of hydrogen-bond acceptors (Lipinski definition) is 5. The van der Waals surface area contributed by atoms with E-state index in [1.807, 2.05) is 25.9 Å². The van der Waals surface area contributed by atoms with Gasteiger partial charge in [0.05, 0.1) is 12.7 Å². The Hall–Kier alpha value is -1.43. The molecule has 1 aliphatic heterocycles. The van der Waals surface area contributed by atoms with E-state index in [1.54, 1.807) is 6.20 Å². The number of likely N-dealkylation sites (N-methyl/N-ethyl adjacent to an activating group) is 1. The molecule has 2 N–H and O–H groups in total. The molecule has 1 aliphatic rings. The summed E-state index contributed by atoms with van der Waals surface area (Å²) in [5.41, 5.74) is 2.45. The molecule has 2 atom stereocenters. The molecular weight excluding hydrogens is 244 g/mol. The summed E-state index contributed by atoms with van der Waals surface area (Å²) in [6, 6.07) is 0. The first-order chi connectivity index (χ1) is 8.91. The molecule has 0 amide bonds. The van der Waals surface area contributed by atoms with Gasteiger partial charge in [-0.25, -0.2) is 0 Å². The summed E-state index contributed by atoms with van der Waals surface area (Å²) in [5.74, 6) is 0.0225. The minimum atomic E-state index is -0.969. The van der Waals surface area contributed by atoms with Crippen LogP contribution in [-0.4, -0.2) is 40.7 Å². The quantitative estimate of drug-likeness (QED) is 0.807. The second-order valence-electron chi connectivity index (χ2n) is 5.18. The molecule has 0 aliphatic carbocycles. The minimum Gasteiger partial charge on any atom is -0.506 e. The van der Waals surface area contributed by atoms with Crippen LogP contribution in [0.15, 0.2) is 18.3 Å². The standard InChI is InChI=1S/C14H20N2O3/c1-8(6-16(3)4)13(17)12-14(18)11-7-19-9(2)10(11)5-15-12/h5,9,13,17-18H,1,6-7H2,2-4H3. The van der Waals surface area contributed by atoms with Gasteiger partial charge in [-0.05, 0) is 26.6 Å². The monoisotopic (exact) mass is 264 g/mol. The number of hydrogen-bond donors (Lipinski definition) is 2. The molecule has 2 heterocycles. The lowest BCUT2D eigenvalue weighted by atomic mass is 10.0. The number of aromatic hydroxyl groups is 1. The van der Waals surface area contributed by atoms with Gasteiger partial charge in [0.25, 0.3) is 0 Å². The molecule has 5 nitrogen and oxygen atoms in total. The lowest BCUT2D eigenvalue weighted by Gasteiger charge is -2.19. The molecule has 2 unspecified atom stereocenters. The lowest BCUT2D eigenvalue weighted by Crippen LogP contribution is -2.19. The fourth-order valence-corrected chi connectivity index (χ4v) is 2.26. The smallest absolute Gasteiger partial charge is 0.146 e. The van der Waals surface area contributed by atoms with Gasteiger partial charge in [0, 0.05) is 23.9 Å². The van der Waals surface area contributed by atoms with Crippen molar-refractivity contribution >= 4 is 0 Å². The van der Waals surface area contributed by atoms with Crippen LogP contribution in [0.2, 0.25) is 0 Å². The van der Waals surface area contributed by atoms with E-state index in [0.29, 0.717) is 24.3 Å². The zero-order valence-electron chi connectivity index (χ0n) is 11.6. The van der Waals surface area contributed by atoms with Gasteiger partial charge in [0.15, 0.2) is 0 Å². The molecule has 104 valence electrons. The SMILES string of the molecule is C=C(CN(C)C)C(O)c1ncc2c(c1O)COC2C. The zero-order chi connectivity index (χ0) is 14.2. The summed E-state index contributed by atoms with van der Waals surface area (Å²) in [4.78, 5) is 6.07. The van der Waals surface area contributed by atoms with E-state index < -0.39 is 6.10 Å². The molecule has 0 fully saturated rings. The largest absolute Gasteiger partial charge is 0.506 e. The van der Waals surface area contributed by atoms with Crippen LogP contribution in [0, 0.1) is 0 Å². The van der Waals surface area contributed by atoms with Crippen LogP contribution >= 0.6 is 0 Å². The first-order valence-corrected chi connectivity index (χ1v) is 6.24. The number of aliphatic hydroxyl groups is 1. The molecule has 2 rings (SSSR count). The van der Waals surface area contributed by atoms with Crippen molar-refractivity contribution in [1.29, 1.82) is 0 Å². The predicted octanol–water partition coefficient (Wildman–Crippen LogP) is 1.53. The average molecular weight is 264 g/mol. The molecule has 0 bridgehead atoms. The van der Waals surface area contributed by atoms with Crippen LogP contribution in [0.5, 0.6) is 5.75 Å². The molecule has 0 spiro atoms. The summed E-state index contributed by atoms with van der Waals surface area (Å²) in [5, 5.41) is 20.5. The van der Waals surface area contributed by atoms with E-state index in [9.17, 15) is 10.2 Å². The van der Waals surface area contributed by atoms with Crippen molar-refractivity contribution in [3.8, 4) is 5.75 Å². The number of aromatic nitrogens is 1. The Labute approximate surface area is 113 Å². The Kier molecular flexibility index (Phi) is 3.89. The highest BCUT2D eigenvalue weighted by molar-refractivity contribution is 5.45. The first-order valence-electron chi connectivity index (χ1n) is 6.24. The third-order valence-electron chi connectivity index (χ3n) is 3.30. The third kappa shape index (κ3) is 2.63.